The highest BCUT2D eigenvalue weighted by atomic mass is 32.2. The molecule has 1 aromatic heterocycles. The molecule has 0 aliphatic heterocycles. The van der Waals surface area contributed by atoms with Crippen LogP contribution in [0.4, 0.5) is 15.8 Å². The Kier molecular flexibility index (Phi) is 6.52. The van der Waals surface area contributed by atoms with Gasteiger partial charge in [0.1, 0.15) is 17.1 Å². The summed E-state index contributed by atoms with van der Waals surface area (Å²) in [7, 11) is -2.32. The number of sulfonamides is 1. The van der Waals surface area contributed by atoms with Gasteiger partial charge in [-0.05, 0) is 66.7 Å². The molecule has 0 bridgehead atoms. The molecule has 0 atom stereocenters. The van der Waals surface area contributed by atoms with Gasteiger partial charge in [0.15, 0.2) is 5.58 Å². The van der Waals surface area contributed by atoms with Gasteiger partial charge in [0.05, 0.1) is 17.8 Å². The Bertz CT molecular complexity index is 1390. The third-order valence-electron chi connectivity index (χ3n) is 4.45. The Morgan fingerprint density at radius 2 is 1.76 bits per heavy atom. The molecule has 3 aromatic carbocycles. The first-order valence-corrected chi connectivity index (χ1v) is 12.0. The first-order valence-electron chi connectivity index (χ1n) is 9.58. The molecule has 4 rings (SSSR count). The molecule has 2 N–H and O–H groups in total. The molecule has 0 aliphatic rings. The second kappa shape index (κ2) is 9.51. The number of anilines is 2. The number of benzene rings is 3. The lowest BCUT2D eigenvalue weighted by Crippen LogP contribution is -2.13. The summed E-state index contributed by atoms with van der Waals surface area (Å²) in [5.41, 5.74) is 1.59. The lowest BCUT2D eigenvalue weighted by Gasteiger charge is -2.08. The van der Waals surface area contributed by atoms with Gasteiger partial charge in [0, 0.05) is 11.4 Å². The van der Waals surface area contributed by atoms with Crippen LogP contribution in [0.25, 0.3) is 11.1 Å². The van der Waals surface area contributed by atoms with E-state index in [1.165, 1.54) is 49.6 Å². The van der Waals surface area contributed by atoms with Crippen molar-refractivity contribution in [3.8, 4) is 5.75 Å². The van der Waals surface area contributed by atoms with Crippen LogP contribution in [0.1, 0.15) is 0 Å². The number of nitrogens with zero attached hydrogens (tertiary/aromatic N) is 1. The molecule has 170 valence electrons. The van der Waals surface area contributed by atoms with Gasteiger partial charge in [-0.1, -0.05) is 11.8 Å². The van der Waals surface area contributed by atoms with Gasteiger partial charge in [-0.2, -0.15) is 0 Å². The maximum absolute atomic E-state index is 13.0. The third-order valence-corrected chi connectivity index (χ3v) is 6.65. The maximum Gasteiger partial charge on any atom is 0.261 e. The zero-order chi connectivity index (χ0) is 23.4. The number of carbonyl (C=O) groups is 1. The van der Waals surface area contributed by atoms with Crippen molar-refractivity contribution in [2.75, 3.05) is 22.9 Å². The average Bonchev–Trinajstić information content (AvgIpc) is 3.22. The minimum atomic E-state index is -3.85. The molecule has 1 amide bonds. The molecule has 0 radical (unpaired) electrons. The van der Waals surface area contributed by atoms with E-state index >= 15 is 0 Å². The molecule has 0 fully saturated rings. The van der Waals surface area contributed by atoms with Gasteiger partial charge in [-0.15, -0.1) is 0 Å². The van der Waals surface area contributed by atoms with E-state index in [2.05, 4.69) is 15.0 Å². The van der Waals surface area contributed by atoms with E-state index in [1.54, 1.807) is 24.3 Å². The highest BCUT2D eigenvalue weighted by Crippen LogP contribution is 2.27. The molecule has 4 aromatic rings. The van der Waals surface area contributed by atoms with Crippen molar-refractivity contribution < 1.29 is 26.8 Å². The van der Waals surface area contributed by atoms with E-state index in [0.717, 1.165) is 11.8 Å². The Labute approximate surface area is 193 Å². The molecule has 0 saturated heterocycles. The van der Waals surface area contributed by atoms with Crippen LogP contribution in [0, 0.1) is 5.82 Å². The normalized spacial score (nSPS) is 11.3. The molecule has 0 saturated carbocycles. The third kappa shape index (κ3) is 5.62. The zero-order valence-corrected chi connectivity index (χ0v) is 18.9. The monoisotopic (exact) mass is 487 g/mol. The fraction of sp³-hybridized carbons (Fsp3) is 0.0909. The van der Waals surface area contributed by atoms with Crippen LogP contribution in [0.2, 0.25) is 0 Å². The largest absolute Gasteiger partial charge is 0.497 e. The first-order chi connectivity index (χ1) is 15.8. The van der Waals surface area contributed by atoms with E-state index in [-0.39, 0.29) is 21.8 Å². The highest BCUT2D eigenvalue weighted by Gasteiger charge is 2.17. The van der Waals surface area contributed by atoms with Crippen molar-refractivity contribution in [1.29, 1.82) is 0 Å². The summed E-state index contributed by atoms with van der Waals surface area (Å²) < 4.78 is 51.6. The number of ether oxygens (including phenoxy) is 1. The number of fused-ring (bicyclic) bond motifs is 1. The topological polar surface area (TPSA) is 111 Å². The SMILES string of the molecule is COc1ccc(NS(=O)(=O)c2ccc3oc(SCC(=O)Nc4ccc(F)cc4)nc3c2)cc1. The van der Waals surface area contributed by atoms with E-state index < -0.39 is 15.8 Å². The van der Waals surface area contributed by atoms with E-state index in [4.69, 9.17) is 9.15 Å². The molecule has 1 heterocycles. The summed E-state index contributed by atoms with van der Waals surface area (Å²) in [6.45, 7) is 0. The molecular weight excluding hydrogens is 469 g/mol. The van der Waals surface area contributed by atoms with Crippen LogP contribution in [-0.2, 0) is 14.8 Å². The average molecular weight is 488 g/mol. The number of methoxy groups -OCH3 is 1. The number of oxazole rings is 1. The molecule has 0 spiro atoms. The zero-order valence-electron chi connectivity index (χ0n) is 17.2. The van der Waals surface area contributed by atoms with Crippen LogP contribution in [0.15, 0.2) is 81.3 Å². The highest BCUT2D eigenvalue weighted by molar-refractivity contribution is 7.99. The Hall–Kier alpha value is -3.57. The predicted molar refractivity (Wildman–Crippen MR) is 124 cm³/mol. The van der Waals surface area contributed by atoms with Gasteiger partial charge < -0.3 is 14.5 Å². The van der Waals surface area contributed by atoms with Crippen LogP contribution >= 0.6 is 11.8 Å². The molecule has 0 aliphatic carbocycles. The van der Waals surface area contributed by atoms with E-state index in [1.807, 2.05) is 0 Å². The lowest BCUT2D eigenvalue weighted by molar-refractivity contribution is -0.113. The number of thioether (sulfide) groups is 1. The first kappa shape index (κ1) is 22.6. The minimum absolute atomic E-state index is 0.00831. The summed E-state index contributed by atoms with van der Waals surface area (Å²) in [6, 6.07) is 16.2. The van der Waals surface area contributed by atoms with Crippen LogP contribution < -0.4 is 14.8 Å². The standard InChI is InChI=1S/C22H18FN3O5S2/c1-30-17-8-6-16(7-9-17)26-33(28,29)18-10-11-20-19(12-18)25-22(31-20)32-13-21(27)24-15-4-2-14(23)3-5-15/h2-12,26H,13H2,1H3,(H,24,27). The summed E-state index contributed by atoms with van der Waals surface area (Å²) in [5.74, 6) is -0.0948. The molecule has 11 heteroatoms. The van der Waals surface area contributed by atoms with Gasteiger partial charge in [0.2, 0.25) is 5.91 Å². The fourth-order valence-corrected chi connectivity index (χ4v) is 4.56. The number of rotatable bonds is 8. The van der Waals surface area contributed by atoms with Crippen molar-refractivity contribution in [2.45, 2.75) is 10.1 Å². The van der Waals surface area contributed by atoms with E-state index in [0.29, 0.717) is 28.2 Å². The second-order valence-electron chi connectivity index (χ2n) is 6.79. The number of halogens is 1. The second-order valence-corrected chi connectivity index (χ2v) is 9.40. The van der Waals surface area contributed by atoms with Gasteiger partial charge >= 0.3 is 0 Å². The van der Waals surface area contributed by atoms with Gasteiger partial charge in [-0.25, -0.2) is 17.8 Å². The Morgan fingerprint density at radius 1 is 1.06 bits per heavy atom. The van der Waals surface area contributed by atoms with Crippen molar-refractivity contribution in [1.82, 2.24) is 4.98 Å². The minimum Gasteiger partial charge on any atom is -0.497 e. The van der Waals surface area contributed by atoms with Crippen molar-refractivity contribution in [3.05, 3.63) is 72.5 Å². The molecular formula is C22H18FN3O5S2. The Balaban J connectivity index is 1.42. The smallest absolute Gasteiger partial charge is 0.261 e. The molecule has 33 heavy (non-hydrogen) atoms. The van der Waals surface area contributed by atoms with Gasteiger partial charge in [0.25, 0.3) is 15.2 Å². The van der Waals surface area contributed by atoms with Crippen molar-refractivity contribution in [3.63, 3.8) is 0 Å². The lowest BCUT2D eigenvalue weighted by atomic mass is 10.3. The van der Waals surface area contributed by atoms with Crippen LogP contribution in [-0.4, -0.2) is 32.2 Å². The predicted octanol–water partition coefficient (Wildman–Crippen LogP) is 4.51. The fourth-order valence-electron chi connectivity index (χ4n) is 2.85. The number of aromatic nitrogens is 1. The summed E-state index contributed by atoms with van der Waals surface area (Å²) in [6.07, 6.45) is 0. The summed E-state index contributed by atoms with van der Waals surface area (Å²) in [5, 5.41) is 2.86. The van der Waals surface area contributed by atoms with Crippen molar-refractivity contribution in [2.24, 2.45) is 0 Å². The maximum atomic E-state index is 13.0. The number of hydrogen-bond donors (Lipinski definition) is 2. The van der Waals surface area contributed by atoms with E-state index in [9.17, 15) is 17.6 Å². The summed E-state index contributed by atoms with van der Waals surface area (Å²) in [4.78, 5) is 16.4. The van der Waals surface area contributed by atoms with Crippen LogP contribution in [0.3, 0.4) is 0 Å². The number of hydrogen-bond acceptors (Lipinski definition) is 7. The number of amides is 1. The number of nitrogens with one attached hydrogen (secondary N) is 2. The molecule has 0 unspecified atom stereocenters. The van der Waals surface area contributed by atoms with Crippen LogP contribution in [0.5, 0.6) is 5.75 Å². The van der Waals surface area contributed by atoms with Gasteiger partial charge in [-0.3, -0.25) is 9.52 Å². The van der Waals surface area contributed by atoms with Crippen molar-refractivity contribution >= 4 is 50.2 Å². The Morgan fingerprint density at radius 3 is 2.45 bits per heavy atom. The number of carbonyl (C=O) groups excluding carboxylic acids is 1. The molecule has 8 nitrogen and oxygen atoms in total. The summed E-state index contributed by atoms with van der Waals surface area (Å²) >= 11 is 1.06. The quantitative estimate of drug-likeness (QED) is 0.352.